The van der Waals surface area contributed by atoms with Crippen molar-refractivity contribution in [2.45, 2.75) is 43.5 Å². The Kier molecular flexibility index (Phi) is 5.44. The SMILES string of the molecule is CNS(=O)(=O)c1cccc(C(=O)NC(C)c2ccc3c(c2)CCCC3)c1. The summed E-state index contributed by atoms with van der Waals surface area (Å²) in [5, 5.41) is 2.96. The monoisotopic (exact) mass is 372 g/mol. The van der Waals surface area contributed by atoms with E-state index >= 15 is 0 Å². The highest BCUT2D eigenvalue weighted by atomic mass is 32.2. The number of benzene rings is 2. The molecule has 1 amide bonds. The van der Waals surface area contributed by atoms with Gasteiger partial charge in [0.05, 0.1) is 10.9 Å². The second-order valence-corrected chi connectivity index (χ2v) is 8.55. The second kappa shape index (κ2) is 7.60. The molecule has 0 aliphatic heterocycles. The first-order valence-electron chi connectivity index (χ1n) is 8.87. The van der Waals surface area contributed by atoms with Crippen molar-refractivity contribution in [2.75, 3.05) is 7.05 Å². The van der Waals surface area contributed by atoms with Gasteiger partial charge >= 0.3 is 0 Å². The minimum absolute atomic E-state index is 0.0779. The van der Waals surface area contributed by atoms with Crippen molar-refractivity contribution >= 4 is 15.9 Å². The van der Waals surface area contributed by atoms with E-state index in [0.717, 1.165) is 18.4 Å². The number of rotatable bonds is 5. The Morgan fingerprint density at radius 2 is 1.77 bits per heavy atom. The van der Waals surface area contributed by atoms with Crippen LogP contribution in [0.1, 0.15) is 52.9 Å². The molecule has 6 heteroatoms. The molecule has 1 unspecified atom stereocenters. The lowest BCUT2D eigenvalue weighted by atomic mass is 9.89. The molecule has 0 radical (unpaired) electrons. The molecule has 0 spiro atoms. The first-order chi connectivity index (χ1) is 12.4. The lowest BCUT2D eigenvalue weighted by Crippen LogP contribution is -2.27. The van der Waals surface area contributed by atoms with Crippen molar-refractivity contribution < 1.29 is 13.2 Å². The van der Waals surface area contributed by atoms with E-state index in [1.807, 2.05) is 6.92 Å². The molecule has 2 N–H and O–H groups in total. The van der Waals surface area contributed by atoms with E-state index in [1.54, 1.807) is 12.1 Å². The molecule has 0 heterocycles. The molecule has 0 aromatic heterocycles. The maximum Gasteiger partial charge on any atom is 0.251 e. The van der Waals surface area contributed by atoms with Gasteiger partial charge in [0, 0.05) is 5.56 Å². The van der Waals surface area contributed by atoms with Gasteiger partial charge in [-0.05, 0) is 74.5 Å². The fourth-order valence-electron chi connectivity index (χ4n) is 3.31. The topological polar surface area (TPSA) is 75.3 Å². The van der Waals surface area contributed by atoms with Gasteiger partial charge in [0.15, 0.2) is 0 Å². The predicted octanol–water partition coefficient (Wildman–Crippen LogP) is 2.96. The number of sulfonamides is 1. The molecule has 0 fully saturated rings. The summed E-state index contributed by atoms with van der Waals surface area (Å²) >= 11 is 0. The molecule has 1 aliphatic carbocycles. The Labute approximate surface area is 154 Å². The van der Waals surface area contributed by atoms with E-state index in [-0.39, 0.29) is 16.8 Å². The number of amides is 1. The Balaban J connectivity index is 1.76. The van der Waals surface area contributed by atoms with Crippen LogP contribution in [0.5, 0.6) is 0 Å². The van der Waals surface area contributed by atoms with Gasteiger partial charge in [-0.1, -0.05) is 24.3 Å². The summed E-state index contributed by atoms with van der Waals surface area (Å²) in [7, 11) is -2.23. The molecule has 5 nitrogen and oxygen atoms in total. The summed E-state index contributed by atoms with van der Waals surface area (Å²) in [4.78, 5) is 12.6. The van der Waals surface area contributed by atoms with Gasteiger partial charge in [-0.2, -0.15) is 0 Å². The van der Waals surface area contributed by atoms with E-state index in [9.17, 15) is 13.2 Å². The molecule has 3 rings (SSSR count). The number of carbonyl (C=O) groups is 1. The Hall–Kier alpha value is -2.18. The zero-order valence-electron chi connectivity index (χ0n) is 15.1. The number of hydrogen-bond donors (Lipinski definition) is 2. The maximum absolute atomic E-state index is 12.6. The van der Waals surface area contributed by atoms with Crippen LogP contribution in [-0.2, 0) is 22.9 Å². The number of nitrogens with one attached hydrogen (secondary N) is 2. The average molecular weight is 372 g/mol. The molecule has 26 heavy (non-hydrogen) atoms. The summed E-state index contributed by atoms with van der Waals surface area (Å²) in [6.45, 7) is 1.94. The molecule has 2 aromatic rings. The third-order valence-electron chi connectivity index (χ3n) is 4.90. The van der Waals surface area contributed by atoms with Crippen LogP contribution in [0.4, 0.5) is 0 Å². The zero-order valence-corrected chi connectivity index (χ0v) is 15.9. The molecule has 0 saturated heterocycles. The van der Waals surface area contributed by atoms with Crippen LogP contribution in [0.3, 0.4) is 0 Å². The largest absolute Gasteiger partial charge is 0.346 e. The van der Waals surface area contributed by atoms with Gasteiger partial charge in [0.1, 0.15) is 0 Å². The van der Waals surface area contributed by atoms with Crippen LogP contribution in [0.15, 0.2) is 47.4 Å². The highest BCUT2D eigenvalue weighted by Gasteiger charge is 2.17. The summed E-state index contributed by atoms with van der Waals surface area (Å²) < 4.78 is 26.1. The van der Waals surface area contributed by atoms with Gasteiger partial charge in [-0.25, -0.2) is 13.1 Å². The molecule has 0 saturated carbocycles. The smallest absolute Gasteiger partial charge is 0.251 e. The molecule has 2 aromatic carbocycles. The van der Waals surface area contributed by atoms with Crippen LogP contribution >= 0.6 is 0 Å². The molecular formula is C20H24N2O3S. The average Bonchev–Trinajstić information content (AvgIpc) is 2.67. The standard InChI is InChI=1S/C20H24N2O3S/c1-14(16-11-10-15-6-3-4-7-17(15)12-16)22-20(23)18-8-5-9-19(13-18)26(24,25)21-2/h5,8-14,21H,3-4,6-7H2,1-2H3,(H,22,23). The number of fused-ring (bicyclic) bond motifs is 1. The van der Waals surface area contributed by atoms with Crippen LogP contribution in [0.2, 0.25) is 0 Å². The van der Waals surface area contributed by atoms with Crippen LogP contribution in [0.25, 0.3) is 0 Å². The van der Waals surface area contributed by atoms with Crippen molar-refractivity contribution in [3.8, 4) is 0 Å². The Morgan fingerprint density at radius 1 is 1.04 bits per heavy atom. The number of carbonyl (C=O) groups excluding carboxylic acids is 1. The first kappa shape index (κ1) is 18.6. The van der Waals surface area contributed by atoms with E-state index in [4.69, 9.17) is 0 Å². The van der Waals surface area contributed by atoms with E-state index in [0.29, 0.717) is 5.56 Å². The van der Waals surface area contributed by atoms with Gasteiger partial charge < -0.3 is 5.32 Å². The molecule has 1 atom stereocenters. The summed E-state index contributed by atoms with van der Waals surface area (Å²) in [6.07, 6.45) is 4.67. The zero-order chi connectivity index (χ0) is 18.7. The third-order valence-corrected chi connectivity index (χ3v) is 6.31. The highest BCUT2D eigenvalue weighted by molar-refractivity contribution is 7.89. The van der Waals surface area contributed by atoms with Crippen LogP contribution in [-0.4, -0.2) is 21.4 Å². The second-order valence-electron chi connectivity index (χ2n) is 6.67. The van der Waals surface area contributed by atoms with Gasteiger partial charge in [-0.3, -0.25) is 4.79 Å². The van der Waals surface area contributed by atoms with Crippen LogP contribution < -0.4 is 10.0 Å². The van der Waals surface area contributed by atoms with E-state index < -0.39 is 10.0 Å². The van der Waals surface area contributed by atoms with Crippen molar-refractivity contribution in [1.29, 1.82) is 0 Å². The van der Waals surface area contributed by atoms with Crippen molar-refractivity contribution in [3.05, 3.63) is 64.7 Å². The lowest BCUT2D eigenvalue weighted by Gasteiger charge is -2.20. The molecule has 1 aliphatic rings. The predicted molar refractivity (Wildman–Crippen MR) is 102 cm³/mol. The van der Waals surface area contributed by atoms with E-state index in [2.05, 4.69) is 28.2 Å². The third kappa shape index (κ3) is 3.97. The minimum Gasteiger partial charge on any atom is -0.346 e. The van der Waals surface area contributed by atoms with Crippen LogP contribution in [0, 0.1) is 0 Å². The fraction of sp³-hybridized carbons (Fsp3) is 0.350. The molecule has 138 valence electrons. The summed E-state index contributed by atoms with van der Waals surface area (Å²) in [5.41, 5.74) is 4.17. The van der Waals surface area contributed by atoms with Gasteiger partial charge in [0.2, 0.25) is 10.0 Å². The number of hydrogen-bond acceptors (Lipinski definition) is 3. The normalized spacial score (nSPS) is 15.2. The minimum atomic E-state index is -3.58. The lowest BCUT2D eigenvalue weighted by molar-refractivity contribution is 0.0939. The van der Waals surface area contributed by atoms with Gasteiger partial charge in [0.25, 0.3) is 5.91 Å². The quantitative estimate of drug-likeness (QED) is 0.847. The van der Waals surface area contributed by atoms with Crippen molar-refractivity contribution in [2.24, 2.45) is 0 Å². The fourth-order valence-corrected chi connectivity index (χ4v) is 4.08. The Bertz CT molecular complexity index is 922. The summed E-state index contributed by atoms with van der Waals surface area (Å²) in [5.74, 6) is -0.289. The van der Waals surface area contributed by atoms with Gasteiger partial charge in [-0.15, -0.1) is 0 Å². The van der Waals surface area contributed by atoms with Crippen molar-refractivity contribution in [1.82, 2.24) is 10.0 Å². The Morgan fingerprint density at radius 3 is 2.50 bits per heavy atom. The maximum atomic E-state index is 12.6. The molecule has 0 bridgehead atoms. The molecular weight excluding hydrogens is 348 g/mol. The van der Waals surface area contributed by atoms with E-state index in [1.165, 1.54) is 43.1 Å². The number of aryl methyl sites for hydroxylation is 2. The van der Waals surface area contributed by atoms with Crippen molar-refractivity contribution in [3.63, 3.8) is 0 Å². The first-order valence-corrected chi connectivity index (χ1v) is 10.4. The highest BCUT2D eigenvalue weighted by Crippen LogP contribution is 2.25. The summed E-state index contributed by atoms with van der Waals surface area (Å²) in [6, 6.07) is 12.3.